The highest BCUT2D eigenvalue weighted by molar-refractivity contribution is 6.33. The predicted octanol–water partition coefficient (Wildman–Crippen LogP) is 4.97. The topological polar surface area (TPSA) is 80.9 Å². The number of carbonyl (C=O) groups is 1. The van der Waals surface area contributed by atoms with Crippen LogP contribution in [0.3, 0.4) is 0 Å². The molecule has 6 heteroatoms. The molecule has 0 saturated carbocycles. The number of benzene rings is 2. The van der Waals surface area contributed by atoms with Gasteiger partial charge in [-0.05, 0) is 42.3 Å². The summed E-state index contributed by atoms with van der Waals surface area (Å²) in [5, 5.41) is 5.04. The van der Waals surface area contributed by atoms with Gasteiger partial charge in [-0.2, -0.15) is 0 Å². The lowest BCUT2D eigenvalue weighted by atomic mass is 10.0. The van der Waals surface area contributed by atoms with Crippen molar-refractivity contribution in [3.63, 3.8) is 0 Å². The maximum absolute atomic E-state index is 11.4. The molecule has 29 heavy (non-hydrogen) atoms. The van der Waals surface area contributed by atoms with E-state index < -0.39 is 5.91 Å². The van der Waals surface area contributed by atoms with Crippen molar-refractivity contribution in [3.8, 4) is 11.3 Å². The number of para-hydroxylation sites is 1. The summed E-state index contributed by atoms with van der Waals surface area (Å²) >= 11 is 6.47. The fourth-order valence-electron chi connectivity index (χ4n) is 3.28. The Balaban J connectivity index is 1.78. The minimum atomic E-state index is -0.562. The van der Waals surface area contributed by atoms with Crippen LogP contribution >= 0.6 is 11.6 Å². The summed E-state index contributed by atoms with van der Waals surface area (Å²) < 4.78 is 0. The second kappa shape index (κ2) is 7.89. The quantitative estimate of drug-likeness (QED) is 0.493. The van der Waals surface area contributed by atoms with Crippen LogP contribution in [0.15, 0.2) is 66.9 Å². The molecule has 4 rings (SSSR count). The first-order valence-electron chi connectivity index (χ1n) is 9.17. The van der Waals surface area contributed by atoms with Crippen LogP contribution in [0, 0.1) is 6.92 Å². The summed E-state index contributed by atoms with van der Waals surface area (Å²) in [7, 11) is 0. The number of halogens is 1. The van der Waals surface area contributed by atoms with Gasteiger partial charge in [-0.3, -0.25) is 9.78 Å². The van der Waals surface area contributed by atoms with Crippen molar-refractivity contribution < 1.29 is 4.79 Å². The number of aromatic nitrogens is 2. The highest BCUT2D eigenvalue weighted by Gasteiger charge is 2.13. The van der Waals surface area contributed by atoms with Crippen molar-refractivity contribution in [2.75, 3.05) is 5.32 Å². The fourth-order valence-corrected chi connectivity index (χ4v) is 3.51. The average molecular weight is 403 g/mol. The summed E-state index contributed by atoms with van der Waals surface area (Å²) in [4.78, 5) is 20.3. The zero-order chi connectivity index (χ0) is 20.4. The maximum atomic E-state index is 11.4. The third-order valence-corrected chi connectivity index (χ3v) is 5.08. The van der Waals surface area contributed by atoms with Crippen LogP contribution in [0.4, 0.5) is 5.69 Å². The van der Waals surface area contributed by atoms with E-state index in [1.54, 1.807) is 18.3 Å². The number of nitrogens with two attached hydrogens (primary N) is 1. The number of rotatable bonds is 5. The summed E-state index contributed by atoms with van der Waals surface area (Å²) in [5.74, 6) is -0.562. The number of primary amides is 1. The van der Waals surface area contributed by atoms with Gasteiger partial charge in [0.05, 0.1) is 11.2 Å². The molecule has 2 aromatic carbocycles. The summed E-state index contributed by atoms with van der Waals surface area (Å²) in [6.07, 6.45) is 1.55. The molecule has 144 valence electrons. The first-order chi connectivity index (χ1) is 14.0. The maximum Gasteiger partial charge on any atom is 0.267 e. The molecule has 0 aliphatic rings. The molecule has 0 radical (unpaired) electrons. The second-order valence-corrected chi connectivity index (χ2v) is 7.18. The minimum absolute atomic E-state index is 0.216. The Morgan fingerprint density at radius 3 is 2.72 bits per heavy atom. The van der Waals surface area contributed by atoms with Gasteiger partial charge in [0, 0.05) is 34.4 Å². The lowest BCUT2D eigenvalue weighted by molar-refractivity contribution is 0.0995. The minimum Gasteiger partial charge on any atom is -0.381 e. The van der Waals surface area contributed by atoms with Gasteiger partial charge in [-0.25, -0.2) is 4.98 Å². The van der Waals surface area contributed by atoms with Crippen molar-refractivity contribution in [2.24, 2.45) is 5.73 Å². The summed E-state index contributed by atoms with van der Waals surface area (Å²) in [6.45, 7) is 2.55. The Bertz CT molecular complexity index is 1220. The molecule has 0 bridgehead atoms. The van der Waals surface area contributed by atoms with E-state index >= 15 is 0 Å². The van der Waals surface area contributed by atoms with Crippen molar-refractivity contribution in [1.29, 1.82) is 0 Å². The van der Waals surface area contributed by atoms with Crippen LogP contribution in [0.5, 0.6) is 0 Å². The van der Waals surface area contributed by atoms with E-state index in [0.29, 0.717) is 11.6 Å². The van der Waals surface area contributed by atoms with Gasteiger partial charge < -0.3 is 11.1 Å². The van der Waals surface area contributed by atoms with Crippen molar-refractivity contribution >= 4 is 34.1 Å². The smallest absolute Gasteiger partial charge is 0.267 e. The Morgan fingerprint density at radius 2 is 1.93 bits per heavy atom. The molecule has 0 aliphatic carbocycles. The molecule has 0 unspecified atom stereocenters. The molecule has 0 atom stereocenters. The number of anilines is 1. The van der Waals surface area contributed by atoms with Gasteiger partial charge in [0.25, 0.3) is 5.91 Å². The first-order valence-corrected chi connectivity index (χ1v) is 9.54. The number of aryl methyl sites for hydroxylation is 1. The monoisotopic (exact) mass is 402 g/mol. The van der Waals surface area contributed by atoms with Crippen LogP contribution in [0.25, 0.3) is 22.2 Å². The second-order valence-electron chi connectivity index (χ2n) is 6.77. The number of pyridine rings is 2. The summed E-state index contributed by atoms with van der Waals surface area (Å²) in [5.41, 5.74) is 11.1. The van der Waals surface area contributed by atoms with E-state index in [1.165, 1.54) is 0 Å². The summed E-state index contributed by atoms with van der Waals surface area (Å²) in [6, 6.07) is 19.3. The molecule has 0 spiro atoms. The van der Waals surface area contributed by atoms with Crippen LogP contribution in [0.2, 0.25) is 5.02 Å². The molecular weight excluding hydrogens is 384 g/mol. The molecule has 2 heterocycles. The number of carbonyl (C=O) groups excluding carboxylic acids is 1. The Kier molecular flexibility index (Phi) is 5.14. The van der Waals surface area contributed by atoms with E-state index in [4.69, 9.17) is 22.3 Å². The molecule has 3 N–H and O–H groups in total. The van der Waals surface area contributed by atoms with E-state index in [0.717, 1.165) is 39.0 Å². The number of hydrogen-bond acceptors (Lipinski definition) is 4. The Labute approximate surface area is 173 Å². The highest BCUT2D eigenvalue weighted by Crippen LogP contribution is 2.32. The van der Waals surface area contributed by atoms with E-state index in [1.807, 2.05) is 49.4 Å². The highest BCUT2D eigenvalue weighted by atomic mass is 35.5. The van der Waals surface area contributed by atoms with Gasteiger partial charge in [-0.1, -0.05) is 48.0 Å². The number of nitrogens with zero attached hydrogens (tertiary/aromatic N) is 2. The standard InChI is InChI=1S/C23H19ClN4O/c1-14-5-4-6-15-11-16(13-27-17-9-10-26-20(12-17)23(25)29)22(28-21(14)15)18-7-2-3-8-19(18)24/h2-12H,13H2,1H3,(H2,25,29)(H,26,27). The fraction of sp³-hybridized carbons (Fsp3) is 0.0870. The predicted molar refractivity (Wildman–Crippen MR) is 117 cm³/mol. The van der Waals surface area contributed by atoms with Crippen molar-refractivity contribution in [3.05, 3.63) is 88.7 Å². The van der Waals surface area contributed by atoms with E-state index in [2.05, 4.69) is 16.4 Å². The van der Waals surface area contributed by atoms with Gasteiger partial charge in [0.1, 0.15) is 5.69 Å². The Morgan fingerprint density at radius 1 is 1.10 bits per heavy atom. The van der Waals surface area contributed by atoms with Gasteiger partial charge in [0.15, 0.2) is 0 Å². The van der Waals surface area contributed by atoms with Gasteiger partial charge in [-0.15, -0.1) is 0 Å². The molecule has 4 aromatic rings. The van der Waals surface area contributed by atoms with Crippen LogP contribution < -0.4 is 11.1 Å². The molecule has 0 fully saturated rings. The average Bonchev–Trinajstić information content (AvgIpc) is 2.73. The van der Waals surface area contributed by atoms with Crippen LogP contribution in [-0.4, -0.2) is 15.9 Å². The van der Waals surface area contributed by atoms with Crippen LogP contribution in [0.1, 0.15) is 21.6 Å². The van der Waals surface area contributed by atoms with E-state index in [9.17, 15) is 4.79 Å². The zero-order valence-corrected chi connectivity index (χ0v) is 16.6. The third kappa shape index (κ3) is 3.91. The molecular formula is C23H19ClN4O. The SMILES string of the molecule is Cc1cccc2cc(CNc3ccnc(C(N)=O)c3)c(-c3ccccc3Cl)nc12. The molecule has 5 nitrogen and oxygen atoms in total. The zero-order valence-electron chi connectivity index (χ0n) is 15.8. The molecule has 1 amide bonds. The number of fused-ring (bicyclic) bond motifs is 1. The first kappa shape index (κ1) is 18.9. The lowest BCUT2D eigenvalue weighted by Crippen LogP contribution is -2.13. The van der Waals surface area contributed by atoms with Crippen molar-refractivity contribution in [1.82, 2.24) is 9.97 Å². The Hall–Kier alpha value is -3.44. The van der Waals surface area contributed by atoms with Gasteiger partial charge in [0.2, 0.25) is 0 Å². The molecule has 2 aromatic heterocycles. The molecule has 0 aliphatic heterocycles. The van der Waals surface area contributed by atoms with Crippen molar-refractivity contribution in [2.45, 2.75) is 13.5 Å². The number of hydrogen-bond donors (Lipinski definition) is 2. The number of amides is 1. The largest absolute Gasteiger partial charge is 0.381 e. The van der Waals surface area contributed by atoms with E-state index in [-0.39, 0.29) is 5.69 Å². The normalized spacial score (nSPS) is 10.8. The van der Waals surface area contributed by atoms with Gasteiger partial charge >= 0.3 is 0 Å². The molecule has 0 saturated heterocycles. The van der Waals surface area contributed by atoms with Crippen LogP contribution in [-0.2, 0) is 6.54 Å². The third-order valence-electron chi connectivity index (χ3n) is 4.75. The lowest BCUT2D eigenvalue weighted by Gasteiger charge is -2.15. The number of nitrogens with one attached hydrogen (secondary N) is 1.